The first-order valence-corrected chi connectivity index (χ1v) is 8.56. The molecule has 0 heterocycles. The SMILES string of the molecule is CCOCc1ccccc1CNC(=NC)NCCc1ccc(F)cc1. The van der Waals surface area contributed by atoms with E-state index < -0.39 is 0 Å². The fraction of sp³-hybridized carbons (Fsp3) is 0.350. The van der Waals surface area contributed by atoms with Crippen LogP contribution in [0, 0.1) is 5.82 Å². The third-order valence-corrected chi connectivity index (χ3v) is 3.87. The van der Waals surface area contributed by atoms with E-state index in [1.54, 1.807) is 19.2 Å². The van der Waals surface area contributed by atoms with Crippen LogP contribution in [0.4, 0.5) is 4.39 Å². The largest absolute Gasteiger partial charge is 0.377 e. The summed E-state index contributed by atoms with van der Waals surface area (Å²) in [6, 6.07) is 14.8. The molecule has 0 fully saturated rings. The van der Waals surface area contributed by atoms with Gasteiger partial charge in [-0.1, -0.05) is 36.4 Å². The smallest absolute Gasteiger partial charge is 0.191 e. The summed E-state index contributed by atoms with van der Waals surface area (Å²) in [5.74, 6) is 0.535. The molecular formula is C20H26FN3O. The zero-order valence-corrected chi connectivity index (χ0v) is 14.9. The Bertz CT molecular complexity index is 671. The highest BCUT2D eigenvalue weighted by molar-refractivity contribution is 5.79. The summed E-state index contributed by atoms with van der Waals surface area (Å²) in [6.45, 7) is 4.72. The summed E-state index contributed by atoms with van der Waals surface area (Å²) in [6.07, 6.45) is 0.807. The number of nitrogens with zero attached hydrogens (tertiary/aromatic N) is 1. The third-order valence-electron chi connectivity index (χ3n) is 3.87. The number of guanidine groups is 1. The molecule has 0 atom stereocenters. The van der Waals surface area contributed by atoms with Gasteiger partial charge in [0.2, 0.25) is 0 Å². The lowest BCUT2D eigenvalue weighted by Crippen LogP contribution is -2.38. The molecule has 2 N–H and O–H groups in total. The molecule has 0 saturated carbocycles. The highest BCUT2D eigenvalue weighted by atomic mass is 19.1. The van der Waals surface area contributed by atoms with Gasteiger partial charge in [-0.2, -0.15) is 0 Å². The molecule has 4 nitrogen and oxygen atoms in total. The fourth-order valence-corrected chi connectivity index (χ4v) is 2.46. The van der Waals surface area contributed by atoms with E-state index in [0.717, 1.165) is 24.5 Å². The van der Waals surface area contributed by atoms with Crippen LogP contribution in [-0.4, -0.2) is 26.2 Å². The predicted molar refractivity (Wildman–Crippen MR) is 100 cm³/mol. The Morgan fingerprint density at radius 2 is 1.76 bits per heavy atom. The highest BCUT2D eigenvalue weighted by Crippen LogP contribution is 2.10. The number of nitrogens with one attached hydrogen (secondary N) is 2. The molecule has 2 aromatic rings. The second-order valence-corrected chi connectivity index (χ2v) is 5.63. The van der Waals surface area contributed by atoms with Crippen molar-refractivity contribution in [3.8, 4) is 0 Å². The van der Waals surface area contributed by atoms with E-state index in [1.807, 2.05) is 19.1 Å². The van der Waals surface area contributed by atoms with Crippen LogP contribution in [0.2, 0.25) is 0 Å². The molecule has 25 heavy (non-hydrogen) atoms. The van der Waals surface area contributed by atoms with Crippen molar-refractivity contribution in [1.82, 2.24) is 10.6 Å². The first-order valence-electron chi connectivity index (χ1n) is 8.56. The minimum Gasteiger partial charge on any atom is -0.377 e. The quantitative estimate of drug-likeness (QED) is 0.571. The van der Waals surface area contributed by atoms with Crippen LogP contribution in [-0.2, 0) is 24.3 Å². The minimum absolute atomic E-state index is 0.208. The van der Waals surface area contributed by atoms with Crippen molar-refractivity contribution in [1.29, 1.82) is 0 Å². The number of rotatable bonds is 8. The molecule has 134 valence electrons. The number of hydrogen-bond acceptors (Lipinski definition) is 2. The van der Waals surface area contributed by atoms with E-state index in [4.69, 9.17) is 4.74 Å². The second-order valence-electron chi connectivity index (χ2n) is 5.63. The Morgan fingerprint density at radius 3 is 2.44 bits per heavy atom. The topological polar surface area (TPSA) is 45.6 Å². The first-order chi connectivity index (χ1) is 12.2. The van der Waals surface area contributed by atoms with Gasteiger partial charge in [0.25, 0.3) is 0 Å². The van der Waals surface area contributed by atoms with Gasteiger partial charge >= 0.3 is 0 Å². The lowest BCUT2D eigenvalue weighted by Gasteiger charge is -2.14. The minimum atomic E-state index is -0.208. The number of benzene rings is 2. The lowest BCUT2D eigenvalue weighted by molar-refractivity contribution is 0.133. The van der Waals surface area contributed by atoms with Gasteiger partial charge in [-0.25, -0.2) is 4.39 Å². The van der Waals surface area contributed by atoms with Crippen LogP contribution in [0.1, 0.15) is 23.6 Å². The molecule has 0 saturated heterocycles. The van der Waals surface area contributed by atoms with Crippen molar-refractivity contribution < 1.29 is 9.13 Å². The average molecular weight is 343 g/mol. The maximum Gasteiger partial charge on any atom is 0.191 e. The van der Waals surface area contributed by atoms with E-state index in [9.17, 15) is 4.39 Å². The summed E-state index contributed by atoms with van der Waals surface area (Å²) >= 11 is 0. The van der Waals surface area contributed by atoms with Gasteiger partial charge < -0.3 is 15.4 Å². The molecule has 0 aliphatic rings. The summed E-state index contributed by atoms with van der Waals surface area (Å²) in [4.78, 5) is 4.24. The van der Waals surface area contributed by atoms with Gasteiger partial charge in [-0.15, -0.1) is 0 Å². The molecule has 2 rings (SSSR count). The molecule has 5 heteroatoms. The van der Waals surface area contributed by atoms with Crippen molar-refractivity contribution in [2.75, 3.05) is 20.2 Å². The van der Waals surface area contributed by atoms with Gasteiger partial charge in [0, 0.05) is 26.7 Å². The van der Waals surface area contributed by atoms with Gasteiger partial charge in [0.15, 0.2) is 5.96 Å². The Kier molecular flexibility index (Phi) is 7.92. The standard InChI is InChI=1S/C20H26FN3O/c1-3-25-15-18-7-5-4-6-17(18)14-24-20(22-2)23-13-12-16-8-10-19(21)11-9-16/h4-11H,3,12-15H2,1-2H3,(H2,22,23,24). The van der Waals surface area contributed by atoms with Crippen molar-refractivity contribution >= 4 is 5.96 Å². The molecule has 0 aliphatic heterocycles. The van der Waals surface area contributed by atoms with E-state index in [2.05, 4.69) is 27.8 Å². The molecule has 0 spiro atoms. The molecule has 0 aromatic heterocycles. The average Bonchev–Trinajstić information content (AvgIpc) is 2.65. The maximum absolute atomic E-state index is 12.9. The molecule has 0 amide bonds. The first kappa shape index (κ1) is 18.9. The monoisotopic (exact) mass is 343 g/mol. The highest BCUT2D eigenvalue weighted by Gasteiger charge is 2.04. The normalized spacial score (nSPS) is 11.4. The molecule has 2 aromatic carbocycles. The summed E-state index contributed by atoms with van der Waals surface area (Å²) < 4.78 is 18.4. The number of ether oxygens (including phenoxy) is 1. The lowest BCUT2D eigenvalue weighted by atomic mass is 10.1. The molecule has 0 radical (unpaired) electrons. The zero-order valence-electron chi connectivity index (χ0n) is 14.9. The summed E-state index contributed by atoms with van der Waals surface area (Å²) in [7, 11) is 1.75. The third kappa shape index (κ3) is 6.55. The second kappa shape index (κ2) is 10.5. The van der Waals surface area contributed by atoms with Crippen LogP contribution in [0.25, 0.3) is 0 Å². The molecular weight excluding hydrogens is 317 g/mol. The van der Waals surface area contributed by atoms with E-state index in [0.29, 0.717) is 19.8 Å². The Labute approximate surface area is 149 Å². The van der Waals surface area contributed by atoms with Crippen molar-refractivity contribution in [2.24, 2.45) is 4.99 Å². The van der Waals surface area contributed by atoms with Gasteiger partial charge in [0.1, 0.15) is 5.82 Å². The van der Waals surface area contributed by atoms with Gasteiger partial charge in [-0.05, 0) is 42.2 Å². The molecule has 0 unspecified atom stereocenters. The van der Waals surface area contributed by atoms with E-state index in [1.165, 1.54) is 23.3 Å². The Hall–Kier alpha value is -2.40. The van der Waals surface area contributed by atoms with Crippen LogP contribution in [0.5, 0.6) is 0 Å². The number of aliphatic imine (C=N–C) groups is 1. The maximum atomic E-state index is 12.9. The number of halogens is 1. The van der Waals surface area contributed by atoms with Crippen molar-refractivity contribution in [3.63, 3.8) is 0 Å². The van der Waals surface area contributed by atoms with E-state index >= 15 is 0 Å². The summed E-state index contributed by atoms with van der Waals surface area (Å²) in [5, 5.41) is 6.60. The van der Waals surface area contributed by atoms with Crippen LogP contribution in [0.3, 0.4) is 0 Å². The van der Waals surface area contributed by atoms with Crippen molar-refractivity contribution in [2.45, 2.75) is 26.5 Å². The van der Waals surface area contributed by atoms with Gasteiger partial charge in [0.05, 0.1) is 6.61 Å². The number of hydrogen-bond donors (Lipinski definition) is 2. The summed E-state index contributed by atoms with van der Waals surface area (Å²) in [5.41, 5.74) is 3.46. The van der Waals surface area contributed by atoms with Crippen LogP contribution < -0.4 is 10.6 Å². The fourth-order valence-electron chi connectivity index (χ4n) is 2.46. The predicted octanol–water partition coefficient (Wildman–Crippen LogP) is 3.27. The Morgan fingerprint density at radius 1 is 1.04 bits per heavy atom. The Balaban J connectivity index is 1.81. The van der Waals surface area contributed by atoms with Gasteiger partial charge in [-0.3, -0.25) is 4.99 Å². The van der Waals surface area contributed by atoms with Crippen LogP contribution >= 0.6 is 0 Å². The zero-order chi connectivity index (χ0) is 17.9. The van der Waals surface area contributed by atoms with Crippen molar-refractivity contribution in [3.05, 3.63) is 71.0 Å². The van der Waals surface area contributed by atoms with Crippen LogP contribution in [0.15, 0.2) is 53.5 Å². The molecule has 0 bridgehead atoms. The van der Waals surface area contributed by atoms with E-state index in [-0.39, 0.29) is 5.82 Å². The molecule has 0 aliphatic carbocycles.